The van der Waals surface area contributed by atoms with Crippen molar-refractivity contribution in [2.75, 3.05) is 18.8 Å². The third-order valence-corrected chi connectivity index (χ3v) is 8.09. The van der Waals surface area contributed by atoms with Gasteiger partial charge in [0, 0.05) is 32.0 Å². The molecular formula is C22H30N4O4S. The Labute approximate surface area is 183 Å². The van der Waals surface area contributed by atoms with E-state index >= 15 is 0 Å². The van der Waals surface area contributed by atoms with Crippen LogP contribution in [-0.4, -0.2) is 53.1 Å². The van der Waals surface area contributed by atoms with Crippen molar-refractivity contribution in [3.63, 3.8) is 0 Å². The lowest BCUT2D eigenvalue weighted by Crippen LogP contribution is -2.54. The molecular weight excluding hydrogens is 416 g/mol. The average Bonchev–Trinajstić information content (AvgIpc) is 3.27. The summed E-state index contributed by atoms with van der Waals surface area (Å²) in [5.41, 5.74) is 0.281. The van der Waals surface area contributed by atoms with Crippen molar-refractivity contribution in [1.82, 2.24) is 19.2 Å². The number of piperidine rings is 1. The van der Waals surface area contributed by atoms with Crippen LogP contribution in [0.5, 0.6) is 0 Å². The number of rotatable bonds is 7. The summed E-state index contributed by atoms with van der Waals surface area (Å²) >= 11 is 0. The normalized spacial score (nSPS) is 21.0. The van der Waals surface area contributed by atoms with Gasteiger partial charge in [0.25, 0.3) is 5.91 Å². The highest BCUT2D eigenvalue weighted by molar-refractivity contribution is 7.89. The fourth-order valence-corrected chi connectivity index (χ4v) is 6.01. The van der Waals surface area contributed by atoms with Crippen LogP contribution >= 0.6 is 0 Å². The van der Waals surface area contributed by atoms with Crippen LogP contribution in [0.1, 0.15) is 44.0 Å². The maximum absolute atomic E-state index is 12.9. The Hall–Kier alpha value is -2.23. The second-order valence-electron chi connectivity index (χ2n) is 8.28. The van der Waals surface area contributed by atoms with Crippen LogP contribution in [0.3, 0.4) is 0 Å². The van der Waals surface area contributed by atoms with E-state index in [4.69, 9.17) is 4.74 Å². The lowest BCUT2D eigenvalue weighted by atomic mass is 9.89. The number of nitrogens with zero attached hydrogens (tertiary/aromatic N) is 3. The van der Waals surface area contributed by atoms with Crippen LogP contribution in [0.15, 0.2) is 42.7 Å². The Bertz CT molecular complexity index is 998. The van der Waals surface area contributed by atoms with Gasteiger partial charge in [-0.05, 0) is 24.8 Å². The summed E-state index contributed by atoms with van der Waals surface area (Å²) in [6, 6.07) is 9.74. The second kappa shape index (κ2) is 9.10. The van der Waals surface area contributed by atoms with E-state index in [9.17, 15) is 13.2 Å². The molecule has 1 N–H and O–H groups in total. The fraction of sp³-hybridized carbons (Fsp3) is 0.545. The highest BCUT2D eigenvalue weighted by atomic mass is 32.2. The zero-order chi connectivity index (χ0) is 21.9. The van der Waals surface area contributed by atoms with Gasteiger partial charge in [0.15, 0.2) is 6.10 Å². The molecule has 8 nitrogen and oxygen atoms in total. The lowest BCUT2D eigenvalue weighted by Gasteiger charge is -2.45. The highest BCUT2D eigenvalue weighted by Gasteiger charge is 2.48. The van der Waals surface area contributed by atoms with Gasteiger partial charge < -0.3 is 14.6 Å². The summed E-state index contributed by atoms with van der Waals surface area (Å²) in [5.74, 6) is 0.794. The Morgan fingerprint density at radius 3 is 2.71 bits per heavy atom. The van der Waals surface area contributed by atoms with E-state index < -0.39 is 21.7 Å². The van der Waals surface area contributed by atoms with Gasteiger partial charge in [-0.1, -0.05) is 43.7 Å². The van der Waals surface area contributed by atoms with Crippen molar-refractivity contribution in [2.45, 2.75) is 57.4 Å². The van der Waals surface area contributed by atoms with Gasteiger partial charge in [0.2, 0.25) is 10.0 Å². The SMILES string of the molecule is CCCCS(=O)(=O)N1CCC2(CC1)OC(C(=O)NCc1ccccc1)Cn1ccnc12. The Morgan fingerprint density at radius 1 is 1.26 bits per heavy atom. The second-order valence-corrected chi connectivity index (χ2v) is 10.4. The van der Waals surface area contributed by atoms with E-state index in [0.717, 1.165) is 17.8 Å². The molecule has 0 radical (unpaired) electrons. The molecule has 1 aromatic carbocycles. The standard InChI is InChI=1S/C22H30N4O4S/c1-2-3-15-31(28,29)26-12-9-22(10-13-26)21-23-11-14-25(21)17-19(30-22)20(27)24-16-18-7-5-4-6-8-18/h4-8,11,14,19H,2-3,9-10,12-13,15-17H2,1H3,(H,24,27). The number of aromatic nitrogens is 2. The number of hydrogen-bond acceptors (Lipinski definition) is 5. The lowest BCUT2D eigenvalue weighted by molar-refractivity contribution is -0.171. The topological polar surface area (TPSA) is 93.5 Å². The number of ether oxygens (including phenoxy) is 1. The molecule has 1 aromatic heterocycles. The van der Waals surface area contributed by atoms with Crippen LogP contribution in [0.25, 0.3) is 0 Å². The van der Waals surface area contributed by atoms with E-state index in [1.807, 2.05) is 48.0 Å². The number of unbranched alkanes of at least 4 members (excludes halogenated alkanes) is 1. The first-order valence-corrected chi connectivity index (χ1v) is 12.5. The molecule has 1 saturated heterocycles. The van der Waals surface area contributed by atoms with Crippen LogP contribution in [0.2, 0.25) is 0 Å². The predicted molar refractivity (Wildman–Crippen MR) is 117 cm³/mol. The largest absolute Gasteiger partial charge is 0.352 e. The van der Waals surface area contributed by atoms with Gasteiger partial charge >= 0.3 is 0 Å². The van der Waals surface area contributed by atoms with Crippen LogP contribution in [0, 0.1) is 0 Å². The molecule has 1 atom stereocenters. The molecule has 1 amide bonds. The number of carbonyl (C=O) groups excluding carboxylic acids is 1. The number of hydrogen-bond donors (Lipinski definition) is 1. The number of nitrogens with one attached hydrogen (secondary N) is 1. The molecule has 31 heavy (non-hydrogen) atoms. The maximum Gasteiger partial charge on any atom is 0.251 e. The molecule has 1 fully saturated rings. The number of benzene rings is 1. The van der Waals surface area contributed by atoms with E-state index in [2.05, 4.69) is 10.3 Å². The highest BCUT2D eigenvalue weighted by Crippen LogP contribution is 2.40. The first-order valence-electron chi connectivity index (χ1n) is 10.9. The molecule has 0 aliphatic carbocycles. The summed E-state index contributed by atoms with van der Waals surface area (Å²) in [5, 5.41) is 2.97. The first-order chi connectivity index (χ1) is 14.9. The number of imidazole rings is 1. The zero-order valence-electron chi connectivity index (χ0n) is 17.9. The van der Waals surface area contributed by atoms with E-state index in [1.165, 1.54) is 0 Å². The predicted octanol–water partition coefficient (Wildman–Crippen LogP) is 2.02. The quantitative estimate of drug-likeness (QED) is 0.702. The Morgan fingerprint density at radius 2 is 2.00 bits per heavy atom. The number of sulfonamides is 1. The first kappa shape index (κ1) is 22.0. The van der Waals surface area contributed by atoms with Gasteiger partial charge in [-0.15, -0.1) is 0 Å². The zero-order valence-corrected chi connectivity index (χ0v) is 18.7. The third kappa shape index (κ3) is 4.68. The Balaban J connectivity index is 1.45. The van der Waals surface area contributed by atoms with Crippen molar-refractivity contribution in [2.24, 2.45) is 0 Å². The minimum atomic E-state index is -3.26. The molecule has 1 unspecified atom stereocenters. The number of fused-ring (bicyclic) bond motifs is 2. The molecule has 3 heterocycles. The maximum atomic E-state index is 12.9. The smallest absolute Gasteiger partial charge is 0.251 e. The van der Waals surface area contributed by atoms with Gasteiger partial charge in [-0.25, -0.2) is 17.7 Å². The molecule has 168 valence electrons. The Kier molecular flexibility index (Phi) is 6.45. The van der Waals surface area contributed by atoms with Gasteiger partial charge in [-0.3, -0.25) is 4.79 Å². The molecule has 9 heteroatoms. The third-order valence-electron chi connectivity index (χ3n) is 6.13. The summed E-state index contributed by atoms with van der Waals surface area (Å²) in [4.78, 5) is 17.4. The van der Waals surface area contributed by atoms with E-state index in [0.29, 0.717) is 45.4 Å². The van der Waals surface area contributed by atoms with Gasteiger partial charge in [0.1, 0.15) is 11.4 Å². The summed E-state index contributed by atoms with van der Waals surface area (Å²) in [6.45, 7) is 3.57. The van der Waals surface area contributed by atoms with Gasteiger partial charge in [0.05, 0.1) is 12.3 Å². The van der Waals surface area contributed by atoms with Crippen LogP contribution < -0.4 is 5.32 Å². The van der Waals surface area contributed by atoms with E-state index in [1.54, 1.807) is 10.5 Å². The minimum Gasteiger partial charge on any atom is -0.352 e. The number of amides is 1. The molecule has 2 aliphatic heterocycles. The van der Waals surface area contributed by atoms with Gasteiger partial charge in [-0.2, -0.15) is 0 Å². The van der Waals surface area contributed by atoms with Crippen molar-refractivity contribution in [3.8, 4) is 0 Å². The summed E-state index contributed by atoms with van der Waals surface area (Å²) < 4.78 is 35.1. The monoisotopic (exact) mass is 446 g/mol. The number of carbonyl (C=O) groups is 1. The summed E-state index contributed by atoms with van der Waals surface area (Å²) in [6.07, 6.45) is 5.41. The van der Waals surface area contributed by atoms with Crippen molar-refractivity contribution < 1.29 is 17.9 Å². The average molecular weight is 447 g/mol. The molecule has 2 aromatic rings. The molecule has 0 saturated carbocycles. The minimum absolute atomic E-state index is 0.166. The van der Waals surface area contributed by atoms with Crippen molar-refractivity contribution in [1.29, 1.82) is 0 Å². The van der Waals surface area contributed by atoms with Crippen molar-refractivity contribution in [3.05, 3.63) is 54.1 Å². The van der Waals surface area contributed by atoms with Crippen LogP contribution in [0.4, 0.5) is 0 Å². The van der Waals surface area contributed by atoms with Crippen LogP contribution in [-0.2, 0) is 38.2 Å². The fourth-order valence-electron chi connectivity index (χ4n) is 4.35. The van der Waals surface area contributed by atoms with E-state index in [-0.39, 0.29) is 11.7 Å². The molecule has 2 aliphatic rings. The molecule has 0 bridgehead atoms. The molecule has 4 rings (SSSR count). The molecule has 1 spiro atoms. The summed E-state index contributed by atoms with van der Waals surface area (Å²) in [7, 11) is -3.26. The van der Waals surface area contributed by atoms with Crippen molar-refractivity contribution >= 4 is 15.9 Å².